The SMILES string of the molecule is N#Cc1c(OCCOc2ccc(-c3ccccc3)cc2)ccc2ccccc12. The molecule has 3 nitrogen and oxygen atoms in total. The molecule has 0 atom stereocenters. The first-order valence-corrected chi connectivity index (χ1v) is 9.18. The van der Waals surface area contributed by atoms with E-state index in [1.807, 2.05) is 78.9 Å². The molecule has 4 rings (SSSR count). The van der Waals surface area contributed by atoms with Gasteiger partial charge in [0.05, 0.1) is 0 Å². The van der Waals surface area contributed by atoms with Crippen molar-refractivity contribution in [2.24, 2.45) is 0 Å². The topological polar surface area (TPSA) is 42.2 Å². The Kier molecular flexibility index (Phi) is 5.22. The number of benzene rings is 4. The van der Waals surface area contributed by atoms with Crippen LogP contribution in [0.2, 0.25) is 0 Å². The number of ether oxygens (including phenoxy) is 2. The highest BCUT2D eigenvalue weighted by Gasteiger charge is 2.08. The molecule has 0 heterocycles. The Morgan fingerprint density at radius 1 is 0.643 bits per heavy atom. The largest absolute Gasteiger partial charge is 0.490 e. The first kappa shape index (κ1) is 17.6. The molecule has 0 fully saturated rings. The van der Waals surface area contributed by atoms with Crippen molar-refractivity contribution in [3.8, 4) is 28.7 Å². The molecule has 3 heteroatoms. The van der Waals surface area contributed by atoms with Crippen LogP contribution in [0.4, 0.5) is 0 Å². The molecule has 0 aromatic heterocycles. The van der Waals surface area contributed by atoms with Crippen LogP contribution in [-0.2, 0) is 0 Å². The minimum absolute atomic E-state index is 0.369. The van der Waals surface area contributed by atoms with Gasteiger partial charge in [0.1, 0.15) is 36.3 Å². The maximum atomic E-state index is 9.51. The fourth-order valence-corrected chi connectivity index (χ4v) is 3.17. The van der Waals surface area contributed by atoms with Crippen molar-refractivity contribution >= 4 is 10.8 Å². The van der Waals surface area contributed by atoms with Crippen molar-refractivity contribution in [3.63, 3.8) is 0 Å². The van der Waals surface area contributed by atoms with Gasteiger partial charge in [0.15, 0.2) is 0 Å². The van der Waals surface area contributed by atoms with Gasteiger partial charge in [0, 0.05) is 5.39 Å². The van der Waals surface area contributed by atoms with Crippen molar-refractivity contribution in [1.29, 1.82) is 5.26 Å². The van der Waals surface area contributed by atoms with Gasteiger partial charge < -0.3 is 9.47 Å². The first-order valence-electron chi connectivity index (χ1n) is 9.18. The molecule has 4 aromatic rings. The van der Waals surface area contributed by atoms with Crippen LogP contribution >= 0.6 is 0 Å². The van der Waals surface area contributed by atoms with E-state index >= 15 is 0 Å². The Morgan fingerprint density at radius 2 is 1.32 bits per heavy atom. The zero-order valence-corrected chi connectivity index (χ0v) is 15.3. The number of nitriles is 1. The van der Waals surface area contributed by atoms with Crippen molar-refractivity contribution in [1.82, 2.24) is 0 Å². The van der Waals surface area contributed by atoms with Gasteiger partial charge in [0.2, 0.25) is 0 Å². The lowest BCUT2D eigenvalue weighted by atomic mass is 10.0. The minimum atomic E-state index is 0.369. The minimum Gasteiger partial charge on any atom is -0.490 e. The normalized spacial score (nSPS) is 10.4. The maximum Gasteiger partial charge on any atom is 0.137 e. The van der Waals surface area contributed by atoms with E-state index in [1.165, 1.54) is 5.56 Å². The second kappa shape index (κ2) is 8.28. The number of hydrogen-bond acceptors (Lipinski definition) is 3. The van der Waals surface area contributed by atoms with E-state index in [1.54, 1.807) is 0 Å². The lowest BCUT2D eigenvalue weighted by molar-refractivity contribution is 0.217. The smallest absolute Gasteiger partial charge is 0.137 e. The van der Waals surface area contributed by atoms with Crippen LogP contribution in [-0.4, -0.2) is 13.2 Å². The van der Waals surface area contributed by atoms with Crippen LogP contribution in [0.5, 0.6) is 11.5 Å². The molecular weight excluding hydrogens is 346 g/mol. The van der Waals surface area contributed by atoms with Gasteiger partial charge in [0.25, 0.3) is 0 Å². The summed E-state index contributed by atoms with van der Waals surface area (Å²) in [5.74, 6) is 1.38. The average Bonchev–Trinajstić information content (AvgIpc) is 2.77. The molecular formula is C25H19NO2. The van der Waals surface area contributed by atoms with Gasteiger partial charge in [-0.3, -0.25) is 0 Å². The third-order valence-corrected chi connectivity index (χ3v) is 4.57. The molecule has 0 spiro atoms. The molecule has 28 heavy (non-hydrogen) atoms. The van der Waals surface area contributed by atoms with Gasteiger partial charge in [-0.15, -0.1) is 0 Å². The van der Waals surface area contributed by atoms with E-state index in [2.05, 4.69) is 18.2 Å². The Labute approximate surface area is 164 Å². The Hall–Kier alpha value is -3.77. The van der Waals surface area contributed by atoms with Crippen molar-refractivity contribution in [2.45, 2.75) is 0 Å². The summed E-state index contributed by atoms with van der Waals surface area (Å²) < 4.78 is 11.6. The first-order chi connectivity index (χ1) is 13.8. The summed E-state index contributed by atoms with van der Waals surface area (Å²) in [6, 6.07) is 32.1. The quantitative estimate of drug-likeness (QED) is 0.403. The third kappa shape index (κ3) is 3.82. The second-order valence-corrected chi connectivity index (χ2v) is 6.36. The summed E-state index contributed by atoms with van der Waals surface area (Å²) >= 11 is 0. The number of hydrogen-bond donors (Lipinski definition) is 0. The molecule has 0 saturated carbocycles. The van der Waals surface area contributed by atoms with Gasteiger partial charge >= 0.3 is 0 Å². The molecule has 136 valence electrons. The lowest BCUT2D eigenvalue weighted by Crippen LogP contribution is -2.09. The summed E-state index contributed by atoms with van der Waals surface area (Å²) in [6.07, 6.45) is 0. The Balaban J connectivity index is 1.36. The summed E-state index contributed by atoms with van der Waals surface area (Å²) in [5.41, 5.74) is 2.89. The van der Waals surface area contributed by atoms with Crippen LogP contribution in [0, 0.1) is 11.3 Å². The fraction of sp³-hybridized carbons (Fsp3) is 0.0800. The zero-order valence-electron chi connectivity index (χ0n) is 15.3. The summed E-state index contributed by atoms with van der Waals surface area (Å²) in [7, 11) is 0. The molecule has 0 radical (unpaired) electrons. The molecule has 0 aliphatic heterocycles. The molecule has 0 aliphatic rings. The van der Waals surface area contributed by atoms with E-state index in [9.17, 15) is 5.26 Å². The Bertz CT molecular complexity index is 1110. The van der Waals surface area contributed by atoms with Crippen LogP contribution in [0.1, 0.15) is 5.56 Å². The van der Waals surface area contributed by atoms with Gasteiger partial charge in [-0.25, -0.2) is 0 Å². The molecule has 0 bridgehead atoms. The average molecular weight is 365 g/mol. The van der Waals surface area contributed by atoms with Gasteiger partial charge in [-0.1, -0.05) is 72.8 Å². The standard InChI is InChI=1S/C25H19NO2/c26-18-24-23-9-5-4-8-21(23)12-15-25(24)28-17-16-27-22-13-10-20(11-14-22)19-6-2-1-3-7-19/h1-15H,16-17H2. The molecule has 0 unspecified atom stereocenters. The lowest BCUT2D eigenvalue weighted by Gasteiger charge is -2.11. The van der Waals surface area contributed by atoms with Crippen LogP contribution in [0.3, 0.4) is 0 Å². The predicted molar refractivity (Wildman–Crippen MR) is 112 cm³/mol. The maximum absolute atomic E-state index is 9.51. The van der Waals surface area contributed by atoms with E-state index in [0.29, 0.717) is 24.5 Å². The third-order valence-electron chi connectivity index (χ3n) is 4.57. The van der Waals surface area contributed by atoms with Gasteiger partial charge in [-0.2, -0.15) is 5.26 Å². The van der Waals surface area contributed by atoms with Crippen LogP contribution < -0.4 is 9.47 Å². The summed E-state index contributed by atoms with van der Waals surface area (Å²) in [5, 5.41) is 11.4. The van der Waals surface area contributed by atoms with Crippen LogP contribution in [0.25, 0.3) is 21.9 Å². The zero-order chi connectivity index (χ0) is 19.2. The van der Waals surface area contributed by atoms with Crippen molar-refractivity contribution < 1.29 is 9.47 Å². The highest BCUT2D eigenvalue weighted by Crippen LogP contribution is 2.27. The highest BCUT2D eigenvalue weighted by molar-refractivity contribution is 5.90. The molecule has 0 N–H and O–H groups in total. The molecule has 0 aliphatic carbocycles. The monoisotopic (exact) mass is 365 g/mol. The van der Waals surface area contributed by atoms with E-state index in [4.69, 9.17) is 9.47 Å². The summed E-state index contributed by atoms with van der Waals surface area (Å²) in [6.45, 7) is 0.774. The van der Waals surface area contributed by atoms with E-state index in [-0.39, 0.29) is 0 Å². The highest BCUT2D eigenvalue weighted by atomic mass is 16.5. The summed E-state index contributed by atoms with van der Waals surface area (Å²) in [4.78, 5) is 0. The van der Waals surface area contributed by atoms with Crippen molar-refractivity contribution in [2.75, 3.05) is 13.2 Å². The van der Waals surface area contributed by atoms with E-state index < -0.39 is 0 Å². The van der Waals surface area contributed by atoms with Crippen molar-refractivity contribution in [3.05, 3.63) is 96.6 Å². The molecule has 4 aromatic carbocycles. The predicted octanol–water partition coefficient (Wildman–Crippen LogP) is 5.84. The fourth-order valence-electron chi connectivity index (χ4n) is 3.17. The van der Waals surface area contributed by atoms with E-state index in [0.717, 1.165) is 22.1 Å². The molecule has 0 saturated heterocycles. The van der Waals surface area contributed by atoms with Crippen LogP contribution in [0.15, 0.2) is 91.0 Å². The number of nitrogens with zero attached hydrogens (tertiary/aromatic N) is 1. The molecule has 0 amide bonds. The number of fused-ring (bicyclic) bond motifs is 1. The second-order valence-electron chi connectivity index (χ2n) is 6.36. The number of rotatable bonds is 6. The Morgan fingerprint density at radius 3 is 2.11 bits per heavy atom. The van der Waals surface area contributed by atoms with Gasteiger partial charge in [-0.05, 0) is 34.7 Å².